The molecule has 0 aliphatic carbocycles. The summed E-state index contributed by atoms with van der Waals surface area (Å²) in [7, 11) is -3.78. The summed E-state index contributed by atoms with van der Waals surface area (Å²) in [5.41, 5.74) is 5.98. The van der Waals surface area contributed by atoms with Gasteiger partial charge in [-0.2, -0.15) is 0 Å². The van der Waals surface area contributed by atoms with Crippen molar-refractivity contribution < 1.29 is 12.8 Å². The van der Waals surface area contributed by atoms with Gasteiger partial charge < -0.3 is 5.73 Å². The zero-order chi connectivity index (χ0) is 15.5. The Balaban J connectivity index is 2.15. The van der Waals surface area contributed by atoms with E-state index in [0.717, 1.165) is 6.20 Å². The van der Waals surface area contributed by atoms with Crippen LogP contribution in [0.5, 0.6) is 0 Å². The van der Waals surface area contributed by atoms with Crippen LogP contribution in [-0.4, -0.2) is 18.4 Å². The van der Waals surface area contributed by atoms with Crippen LogP contribution in [0.15, 0.2) is 47.5 Å². The van der Waals surface area contributed by atoms with E-state index in [2.05, 4.69) is 9.71 Å². The second kappa shape index (κ2) is 6.25. The molecule has 1 aromatic heterocycles. The molecule has 0 bridgehead atoms. The van der Waals surface area contributed by atoms with E-state index in [-0.39, 0.29) is 22.0 Å². The van der Waals surface area contributed by atoms with Crippen molar-refractivity contribution in [2.45, 2.75) is 11.4 Å². The SMILES string of the molecule is NC(=S)c1ccc(S(=O)(=O)NCc2ccccc2F)cn1. The van der Waals surface area contributed by atoms with E-state index in [1.165, 1.54) is 30.3 Å². The van der Waals surface area contributed by atoms with Gasteiger partial charge in [0.25, 0.3) is 0 Å². The summed E-state index contributed by atoms with van der Waals surface area (Å²) in [6.07, 6.45) is 1.15. The van der Waals surface area contributed by atoms with E-state index in [1.54, 1.807) is 6.07 Å². The highest BCUT2D eigenvalue weighted by atomic mass is 32.2. The molecule has 1 aromatic carbocycles. The number of aromatic nitrogens is 1. The molecule has 5 nitrogen and oxygen atoms in total. The van der Waals surface area contributed by atoms with Crippen molar-refractivity contribution >= 4 is 27.2 Å². The fourth-order valence-corrected chi connectivity index (χ4v) is 2.65. The van der Waals surface area contributed by atoms with Crippen molar-refractivity contribution in [2.24, 2.45) is 5.73 Å². The quantitative estimate of drug-likeness (QED) is 0.810. The minimum Gasteiger partial charge on any atom is -0.388 e. The molecule has 3 N–H and O–H groups in total. The van der Waals surface area contributed by atoms with Crippen molar-refractivity contribution in [3.8, 4) is 0 Å². The largest absolute Gasteiger partial charge is 0.388 e. The minimum absolute atomic E-state index is 0.0427. The average Bonchev–Trinajstić information content (AvgIpc) is 2.46. The van der Waals surface area contributed by atoms with Gasteiger partial charge in [-0.3, -0.25) is 4.98 Å². The van der Waals surface area contributed by atoms with Crippen molar-refractivity contribution in [1.82, 2.24) is 9.71 Å². The van der Waals surface area contributed by atoms with Gasteiger partial charge in [0.05, 0.1) is 5.69 Å². The summed E-state index contributed by atoms with van der Waals surface area (Å²) >= 11 is 4.74. The van der Waals surface area contributed by atoms with Gasteiger partial charge in [-0.25, -0.2) is 17.5 Å². The number of benzene rings is 1. The molecule has 0 unspecified atom stereocenters. The number of halogens is 1. The highest BCUT2D eigenvalue weighted by Crippen LogP contribution is 2.11. The first-order valence-corrected chi connectivity index (χ1v) is 7.78. The maximum Gasteiger partial charge on any atom is 0.242 e. The number of nitrogens with two attached hydrogens (primary N) is 1. The molecule has 0 saturated heterocycles. The molecular formula is C13H12FN3O2S2. The number of rotatable bonds is 5. The first-order chi connectivity index (χ1) is 9.90. The summed E-state index contributed by atoms with van der Waals surface area (Å²) in [4.78, 5) is 3.90. The third kappa shape index (κ3) is 3.81. The van der Waals surface area contributed by atoms with Crippen LogP contribution in [0.1, 0.15) is 11.3 Å². The van der Waals surface area contributed by atoms with Crippen LogP contribution in [0.2, 0.25) is 0 Å². The highest BCUT2D eigenvalue weighted by Gasteiger charge is 2.15. The van der Waals surface area contributed by atoms with E-state index in [0.29, 0.717) is 5.69 Å². The molecule has 0 aliphatic rings. The molecule has 8 heteroatoms. The predicted octanol–water partition coefficient (Wildman–Crippen LogP) is 1.33. The summed E-state index contributed by atoms with van der Waals surface area (Å²) in [6, 6.07) is 8.69. The fraction of sp³-hybridized carbons (Fsp3) is 0.0769. The van der Waals surface area contributed by atoms with Gasteiger partial charge >= 0.3 is 0 Å². The number of nitrogens with zero attached hydrogens (tertiary/aromatic N) is 1. The van der Waals surface area contributed by atoms with Gasteiger partial charge in [0, 0.05) is 18.3 Å². The Bertz CT molecular complexity index is 761. The van der Waals surface area contributed by atoms with Gasteiger partial charge in [-0.15, -0.1) is 0 Å². The number of hydrogen-bond donors (Lipinski definition) is 2. The zero-order valence-electron chi connectivity index (χ0n) is 10.8. The molecule has 2 rings (SSSR count). The van der Waals surface area contributed by atoms with Gasteiger partial charge in [-0.1, -0.05) is 30.4 Å². The monoisotopic (exact) mass is 325 g/mol. The van der Waals surface area contributed by atoms with Gasteiger partial charge in [-0.05, 0) is 18.2 Å². The number of thiocarbonyl (C=S) groups is 1. The average molecular weight is 325 g/mol. The van der Waals surface area contributed by atoms with Crippen LogP contribution in [0.3, 0.4) is 0 Å². The third-order valence-electron chi connectivity index (χ3n) is 2.71. The van der Waals surface area contributed by atoms with Crippen molar-refractivity contribution in [1.29, 1.82) is 0 Å². The highest BCUT2D eigenvalue weighted by molar-refractivity contribution is 7.89. The summed E-state index contributed by atoms with van der Waals surface area (Å²) in [6.45, 7) is -0.147. The van der Waals surface area contributed by atoms with Gasteiger partial charge in [0.1, 0.15) is 15.7 Å². The van der Waals surface area contributed by atoms with Crippen LogP contribution in [0.25, 0.3) is 0 Å². The lowest BCUT2D eigenvalue weighted by Gasteiger charge is -2.07. The normalized spacial score (nSPS) is 11.3. The molecular weight excluding hydrogens is 313 g/mol. The molecule has 2 aromatic rings. The minimum atomic E-state index is -3.78. The number of nitrogens with one attached hydrogen (secondary N) is 1. The lowest BCUT2D eigenvalue weighted by molar-refractivity contribution is 0.574. The molecule has 0 atom stereocenters. The molecule has 21 heavy (non-hydrogen) atoms. The predicted molar refractivity (Wildman–Crippen MR) is 80.5 cm³/mol. The van der Waals surface area contributed by atoms with Crippen LogP contribution in [0, 0.1) is 5.82 Å². The van der Waals surface area contributed by atoms with E-state index < -0.39 is 15.8 Å². The maximum atomic E-state index is 13.4. The second-order valence-electron chi connectivity index (χ2n) is 4.16. The Morgan fingerprint density at radius 1 is 1.29 bits per heavy atom. The van der Waals surface area contributed by atoms with Crippen molar-refractivity contribution in [2.75, 3.05) is 0 Å². The van der Waals surface area contributed by atoms with Crippen LogP contribution >= 0.6 is 12.2 Å². The molecule has 0 radical (unpaired) electrons. The van der Waals surface area contributed by atoms with Crippen LogP contribution < -0.4 is 10.5 Å². The molecule has 0 amide bonds. The van der Waals surface area contributed by atoms with Crippen LogP contribution in [0.4, 0.5) is 4.39 Å². The fourth-order valence-electron chi connectivity index (χ4n) is 1.58. The number of pyridine rings is 1. The molecule has 0 aliphatic heterocycles. The third-order valence-corrected chi connectivity index (χ3v) is 4.31. The Kier molecular flexibility index (Phi) is 4.61. The van der Waals surface area contributed by atoms with E-state index in [1.807, 2.05) is 0 Å². The maximum absolute atomic E-state index is 13.4. The summed E-state index contributed by atoms with van der Waals surface area (Å²) in [5, 5.41) is 0. The van der Waals surface area contributed by atoms with Crippen LogP contribution in [-0.2, 0) is 16.6 Å². The summed E-state index contributed by atoms with van der Waals surface area (Å²) in [5.74, 6) is -0.470. The lowest BCUT2D eigenvalue weighted by Crippen LogP contribution is -2.24. The number of sulfonamides is 1. The smallest absolute Gasteiger partial charge is 0.242 e. The Morgan fingerprint density at radius 3 is 2.57 bits per heavy atom. The van der Waals surface area contributed by atoms with E-state index in [9.17, 15) is 12.8 Å². The first-order valence-electron chi connectivity index (χ1n) is 5.89. The van der Waals surface area contributed by atoms with Gasteiger partial charge in [0.15, 0.2) is 0 Å². The molecule has 0 fully saturated rings. The van der Waals surface area contributed by atoms with Crippen molar-refractivity contribution in [3.63, 3.8) is 0 Å². The van der Waals surface area contributed by atoms with Gasteiger partial charge in [0.2, 0.25) is 10.0 Å². The van der Waals surface area contributed by atoms with E-state index >= 15 is 0 Å². The Morgan fingerprint density at radius 2 is 2.00 bits per heavy atom. The second-order valence-corrected chi connectivity index (χ2v) is 6.37. The molecule has 1 heterocycles. The first kappa shape index (κ1) is 15.5. The topological polar surface area (TPSA) is 85.1 Å². The molecule has 0 spiro atoms. The molecule has 110 valence electrons. The molecule has 0 saturated carbocycles. The van der Waals surface area contributed by atoms with E-state index in [4.69, 9.17) is 18.0 Å². The van der Waals surface area contributed by atoms with Crippen molar-refractivity contribution in [3.05, 3.63) is 59.7 Å². The zero-order valence-corrected chi connectivity index (χ0v) is 12.4. The number of hydrogen-bond acceptors (Lipinski definition) is 4. The lowest BCUT2D eigenvalue weighted by atomic mass is 10.2. The Hall–Kier alpha value is -1.90. The standard InChI is InChI=1S/C13H12FN3O2S2/c14-11-4-2-1-3-9(11)7-17-21(18,19)10-5-6-12(13(15)20)16-8-10/h1-6,8,17H,7H2,(H2,15,20). The Labute approximate surface area is 127 Å². The summed E-state index contributed by atoms with van der Waals surface area (Å²) < 4.78 is 39.9.